The van der Waals surface area contributed by atoms with Gasteiger partial charge in [-0.3, -0.25) is 0 Å². The molecule has 1 aromatic rings. The van der Waals surface area contributed by atoms with Crippen LogP contribution in [0.5, 0.6) is 0 Å². The molecule has 2 nitrogen and oxygen atoms in total. The SMILES string of the molecule is CCC(CN)CCN(C)Cc1cccc(F)c1. The summed E-state index contributed by atoms with van der Waals surface area (Å²) in [6.45, 7) is 4.72. The van der Waals surface area contributed by atoms with Crippen LogP contribution in [-0.4, -0.2) is 25.0 Å². The summed E-state index contributed by atoms with van der Waals surface area (Å²) in [4.78, 5) is 2.22. The Bertz CT molecular complexity index is 324. The van der Waals surface area contributed by atoms with E-state index in [2.05, 4.69) is 18.9 Å². The van der Waals surface area contributed by atoms with Gasteiger partial charge in [-0.05, 0) is 50.2 Å². The van der Waals surface area contributed by atoms with Gasteiger partial charge in [-0.15, -0.1) is 0 Å². The molecule has 17 heavy (non-hydrogen) atoms. The van der Waals surface area contributed by atoms with E-state index < -0.39 is 0 Å². The lowest BCUT2D eigenvalue weighted by Gasteiger charge is -2.20. The molecule has 0 aromatic heterocycles. The largest absolute Gasteiger partial charge is 0.330 e. The highest BCUT2D eigenvalue weighted by Gasteiger charge is 2.06. The molecule has 0 saturated heterocycles. The molecule has 0 amide bonds. The lowest BCUT2D eigenvalue weighted by molar-refractivity contribution is 0.291. The molecular formula is C14H23FN2. The molecule has 0 spiro atoms. The third-order valence-electron chi connectivity index (χ3n) is 3.17. The molecule has 0 aliphatic heterocycles. The van der Waals surface area contributed by atoms with E-state index in [1.807, 2.05) is 6.07 Å². The molecule has 0 fully saturated rings. The van der Waals surface area contributed by atoms with Gasteiger partial charge in [-0.25, -0.2) is 4.39 Å². The van der Waals surface area contributed by atoms with Crippen LogP contribution in [0.25, 0.3) is 0 Å². The zero-order valence-electron chi connectivity index (χ0n) is 10.8. The number of benzene rings is 1. The third kappa shape index (κ3) is 5.29. The summed E-state index contributed by atoms with van der Waals surface area (Å²) in [5.74, 6) is 0.439. The van der Waals surface area contributed by atoms with Crippen molar-refractivity contribution in [1.29, 1.82) is 0 Å². The Morgan fingerprint density at radius 3 is 2.76 bits per heavy atom. The fraction of sp³-hybridized carbons (Fsp3) is 0.571. The molecule has 1 rings (SSSR count). The minimum Gasteiger partial charge on any atom is -0.330 e. The third-order valence-corrected chi connectivity index (χ3v) is 3.17. The number of hydrogen-bond donors (Lipinski definition) is 1. The first-order chi connectivity index (χ1) is 8.15. The second-order valence-electron chi connectivity index (χ2n) is 4.67. The summed E-state index contributed by atoms with van der Waals surface area (Å²) < 4.78 is 13.0. The summed E-state index contributed by atoms with van der Waals surface area (Å²) in [5.41, 5.74) is 6.70. The van der Waals surface area contributed by atoms with E-state index in [1.54, 1.807) is 12.1 Å². The van der Waals surface area contributed by atoms with Crippen molar-refractivity contribution in [3.05, 3.63) is 35.6 Å². The van der Waals surface area contributed by atoms with Gasteiger partial charge in [0, 0.05) is 6.54 Å². The minimum atomic E-state index is -0.163. The summed E-state index contributed by atoms with van der Waals surface area (Å²) in [5, 5.41) is 0. The molecule has 1 unspecified atom stereocenters. The zero-order valence-corrected chi connectivity index (χ0v) is 10.8. The maximum Gasteiger partial charge on any atom is 0.123 e. The highest BCUT2D eigenvalue weighted by Crippen LogP contribution is 2.10. The summed E-state index contributed by atoms with van der Waals surface area (Å²) >= 11 is 0. The Morgan fingerprint density at radius 1 is 1.41 bits per heavy atom. The van der Waals surface area contributed by atoms with Gasteiger partial charge in [-0.1, -0.05) is 25.5 Å². The monoisotopic (exact) mass is 238 g/mol. The second-order valence-corrected chi connectivity index (χ2v) is 4.67. The predicted octanol–water partition coefficient (Wildman–Crippen LogP) is 2.63. The van der Waals surface area contributed by atoms with Crippen molar-refractivity contribution in [2.24, 2.45) is 11.7 Å². The van der Waals surface area contributed by atoms with Crippen molar-refractivity contribution < 1.29 is 4.39 Å². The summed E-state index contributed by atoms with van der Waals surface area (Å²) in [6.07, 6.45) is 2.24. The number of nitrogens with zero attached hydrogens (tertiary/aromatic N) is 1. The Morgan fingerprint density at radius 2 is 2.18 bits per heavy atom. The predicted molar refractivity (Wildman–Crippen MR) is 70.2 cm³/mol. The minimum absolute atomic E-state index is 0.163. The second kappa shape index (κ2) is 7.41. The smallest absolute Gasteiger partial charge is 0.123 e. The molecule has 0 saturated carbocycles. The van der Waals surface area contributed by atoms with E-state index >= 15 is 0 Å². The first kappa shape index (κ1) is 14.1. The molecule has 0 aliphatic rings. The van der Waals surface area contributed by atoms with Crippen molar-refractivity contribution in [1.82, 2.24) is 4.90 Å². The van der Waals surface area contributed by atoms with Crippen LogP contribution in [0.15, 0.2) is 24.3 Å². The highest BCUT2D eigenvalue weighted by atomic mass is 19.1. The number of rotatable bonds is 7. The average molecular weight is 238 g/mol. The standard InChI is InChI=1S/C14H23FN2/c1-3-12(10-16)7-8-17(2)11-13-5-4-6-14(15)9-13/h4-6,9,12H,3,7-8,10-11,16H2,1-2H3. The van der Waals surface area contributed by atoms with Crippen LogP contribution in [0.3, 0.4) is 0 Å². The van der Waals surface area contributed by atoms with Crippen molar-refractivity contribution in [2.75, 3.05) is 20.1 Å². The quantitative estimate of drug-likeness (QED) is 0.791. The van der Waals surface area contributed by atoms with Gasteiger partial charge in [0.1, 0.15) is 5.82 Å². The van der Waals surface area contributed by atoms with Crippen LogP contribution in [0.2, 0.25) is 0 Å². The van der Waals surface area contributed by atoms with E-state index in [9.17, 15) is 4.39 Å². The first-order valence-electron chi connectivity index (χ1n) is 6.28. The lowest BCUT2D eigenvalue weighted by Crippen LogP contribution is -2.24. The Kier molecular flexibility index (Phi) is 6.16. The van der Waals surface area contributed by atoms with Gasteiger partial charge in [0.2, 0.25) is 0 Å². The Hall–Kier alpha value is -0.930. The van der Waals surface area contributed by atoms with Gasteiger partial charge >= 0.3 is 0 Å². The van der Waals surface area contributed by atoms with Crippen LogP contribution in [0.1, 0.15) is 25.3 Å². The molecular weight excluding hydrogens is 215 g/mol. The average Bonchev–Trinajstić information content (AvgIpc) is 2.30. The van der Waals surface area contributed by atoms with E-state index in [4.69, 9.17) is 5.73 Å². The van der Waals surface area contributed by atoms with Crippen LogP contribution >= 0.6 is 0 Å². The molecule has 0 radical (unpaired) electrons. The van der Waals surface area contributed by atoms with Gasteiger partial charge in [0.05, 0.1) is 0 Å². The molecule has 1 aromatic carbocycles. The Balaban J connectivity index is 2.36. The van der Waals surface area contributed by atoms with E-state index in [1.165, 1.54) is 6.07 Å². The van der Waals surface area contributed by atoms with Gasteiger partial charge in [0.25, 0.3) is 0 Å². The lowest BCUT2D eigenvalue weighted by atomic mass is 10.0. The summed E-state index contributed by atoms with van der Waals surface area (Å²) in [7, 11) is 2.06. The van der Waals surface area contributed by atoms with Gasteiger partial charge in [-0.2, -0.15) is 0 Å². The van der Waals surface area contributed by atoms with Crippen molar-refractivity contribution in [2.45, 2.75) is 26.3 Å². The number of halogens is 1. The topological polar surface area (TPSA) is 29.3 Å². The van der Waals surface area contributed by atoms with Crippen molar-refractivity contribution in [3.63, 3.8) is 0 Å². The fourth-order valence-corrected chi connectivity index (χ4v) is 1.92. The van der Waals surface area contributed by atoms with Crippen LogP contribution in [-0.2, 0) is 6.54 Å². The van der Waals surface area contributed by atoms with Crippen molar-refractivity contribution >= 4 is 0 Å². The van der Waals surface area contributed by atoms with Gasteiger partial charge < -0.3 is 10.6 Å². The molecule has 1 atom stereocenters. The van der Waals surface area contributed by atoms with E-state index in [-0.39, 0.29) is 5.82 Å². The first-order valence-corrected chi connectivity index (χ1v) is 6.28. The van der Waals surface area contributed by atoms with Crippen LogP contribution in [0, 0.1) is 11.7 Å². The maximum atomic E-state index is 13.0. The number of nitrogens with two attached hydrogens (primary N) is 1. The van der Waals surface area contributed by atoms with E-state index in [0.29, 0.717) is 5.92 Å². The van der Waals surface area contributed by atoms with Crippen LogP contribution < -0.4 is 5.73 Å². The van der Waals surface area contributed by atoms with Gasteiger partial charge in [0.15, 0.2) is 0 Å². The normalized spacial score (nSPS) is 13.0. The molecule has 3 heteroatoms. The van der Waals surface area contributed by atoms with Crippen LogP contribution in [0.4, 0.5) is 4.39 Å². The van der Waals surface area contributed by atoms with E-state index in [0.717, 1.165) is 38.0 Å². The molecule has 0 heterocycles. The maximum absolute atomic E-state index is 13.0. The fourth-order valence-electron chi connectivity index (χ4n) is 1.92. The molecule has 0 bridgehead atoms. The zero-order chi connectivity index (χ0) is 12.7. The Labute approximate surface area is 104 Å². The molecule has 96 valence electrons. The number of hydrogen-bond acceptors (Lipinski definition) is 2. The molecule has 0 aliphatic carbocycles. The highest BCUT2D eigenvalue weighted by molar-refractivity contribution is 5.15. The molecule has 2 N–H and O–H groups in total. The summed E-state index contributed by atoms with van der Waals surface area (Å²) in [6, 6.07) is 6.79. The van der Waals surface area contributed by atoms with Crippen molar-refractivity contribution in [3.8, 4) is 0 Å².